The maximum atomic E-state index is 12.8. The van der Waals surface area contributed by atoms with Gasteiger partial charge in [-0.05, 0) is 39.5 Å². The lowest BCUT2D eigenvalue weighted by Crippen LogP contribution is -2.30. The van der Waals surface area contributed by atoms with Crippen LogP contribution in [-0.2, 0) is 38.2 Å². The molecule has 0 aromatic rings. The normalized spacial score (nSPS) is 17.1. The SMILES string of the molecule is CC(C)=CCCC(C)C1=C(OS(C)(=O)=O)C(=O)C(C)=C(OS(C)(=O)=O)C1=O. The summed E-state index contributed by atoms with van der Waals surface area (Å²) in [6.45, 7) is 6.61. The molecule has 8 nitrogen and oxygen atoms in total. The molecule has 27 heavy (non-hydrogen) atoms. The van der Waals surface area contributed by atoms with Crippen LogP contribution >= 0.6 is 0 Å². The molecule has 152 valence electrons. The molecule has 0 radical (unpaired) electrons. The first kappa shape index (κ1) is 23.1. The molecule has 1 aliphatic carbocycles. The van der Waals surface area contributed by atoms with Gasteiger partial charge in [-0.2, -0.15) is 16.8 Å². The van der Waals surface area contributed by atoms with Crippen LogP contribution in [-0.4, -0.2) is 40.9 Å². The van der Waals surface area contributed by atoms with Crippen molar-refractivity contribution in [3.05, 3.63) is 34.3 Å². The Labute approximate surface area is 160 Å². The highest BCUT2D eigenvalue weighted by molar-refractivity contribution is 7.86. The van der Waals surface area contributed by atoms with Crippen molar-refractivity contribution in [2.24, 2.45) is 5.92 Å². The van der Waals surface area contributed by atoms with Crippen LogP contribution in [0.25, 0.3) is 0 Å². The fourth-order valence-electron chi connectivity index (χ4n) is 2.49. The third-order valence-electron chi connectivity index (χ3n) is 3.70. The molecule has 0 spiro atoms. The van der Waals surface area contributed by atoms with Gasteiger partial charge in [-0.25, -0.2) is 0 Å². The number of hydrogen-bond acceptors (Lipinski definition) is 8. The Balaban J connectivity index is 3.47. The van der Waals surface area contributed by atoms with E-state index in [2.05, 4.69) is 0 Å². The molecule has 0 fully saturated rings. The second kappa shape index (κ2) is 8.39. The quantitative estimate of drug-likeness (QED) is 0.332. The van der Waals surface area contributed by atoms with Crippen molar-refractivity contribution in [1.82, 2.24) is 0 Å². The van der Waals surface area contributed by atoms with Gasteiger partial charge in [0.1, 0.15) is 0 Å². The Morgan fingerprint density at radius 3 is 1.89 bits per heavy atom. The van der Waals surface area contributed by atoms with Gasteiger partial charge in [-0.15, -0.1) is 0 Å². The van der Waals surface area contributed by atoms with Crippen LogP contribution in [0.3, 0.4) is 0 Å². The smallest absolute Gasteiger partial charge is 0.306 e. The second-order valence-corrected chi connectivity index (χ2v) is 9.84. The van der Waals surface area contributed by atoms with Crippen molar-refractivity contribution >= 4 is 31.8 Å². The summed E-state index contributed by atoms with van der Waals surface area (Å²) in [7, 11) is -8.15. The first-order valence-corrected chi connectivity index (χ1v) is 11.7. The molecule has 0 aliphatic heterocycles. The zero-order valence-corrected chi connectivity index (χ0v) is 17.8. The zero-order chi connectivity index (χ0) is 21.2. The largest absolute Gasteiger partial charge is 0.378 e. The molecule has 0 heterocycles. The second-order valence-electron chi connectivity index (χ2n) is 6.69. The molecular formula is C17H24O8S2. The molecule has 0 saturated carbocycles. The number of ketones is 2. The average molecular weight is 421 g/mol. The monoisotopic (exact) mass is 420 g/mol. The van der Waals surface area contributed by atoms with Crippen LogP contribution in [0.5, 0.6) is 0 Å². The van der Waals surface area contributed by atoms with Crippen LogP contribution < -0.4 is 0 Å². The van der Waals surface area contributed by atoms with Crippen molar-refractivity contribution in [2.45, 2.75) is 40.5 Å². The van der Waals surface area contributed by atoms with Gasteiger partial charge in [-0.3, -0.25) is 9.59 Å². The molecule has 0 saturated heterocycles. The van der Waals surface area contributed by atoms with Crippen LogP contribution in [0.2, 0.25) is 0 Å². The number of allylic oxidation sites excluding steroid dienone is 4. The summed E-state index contributed by atoms with van der Waals surface area (Å²) in [5, 5.41) is 0. The average Bonchev–Trinajstić information content (AvgIpc) is 2.46. The van der Waals surface area contributed by atoms with E-state index in [4.69, 9.17) is 8.37 Å². The van der Waals surface area contributed by atoms with Crippen molar-refractivity contribution in [1.29, 1.82) is 0 Å². The molecule has 1 unspecified atom stereocenters. The predicted molar refractivity (Wildman–Crippen MR) is 99.4 cm³/mol. The minimum Gasteiger partial charge on any atom is -0.378 e. The van der Waals surface area contributed by atoms with Crippen molar-refractivity contribution in [2.75, 3.05) is 12.5 Å². The fraction of sp³-hybridized carbons (Fsp3) is 0.529. The lowest BCUT2D eigenvalue weighted by molar-refractivity contribution is -0.119. The van der Waals surface area contributed by atoms with Crippen molar-refractivity contribution in [3.8, 4) is 0 Å². The van der Waals surface area contributed by atoms with E-state index in [9.17, 15) is 26.4 Å². The fourth-order valence-corrected chi connectivity index (χ4v) is 3.46. The van der Waals surface area contributed by atoms with E-state index in [-0.39, 0.29) is 11.1 Å². The first-order valence-electron chi connectivity index (χ1n) is 8.10. The Kier molecular flexibility index (Phi) is 7.17. The molecule has 1 aliphatic rings. The Morgan fingerprint density at radius 1 is 0.963 bits per heavy atom. The summed E-state index contributed by atoms with van der Waals surface area (Å²) >= 11 is 0. The van der Waals surface area contributed by atoms with Gasteiger partial charge in [-0.1, -0.05) is 18.6 Å². The zero-order valence-electron chi connectivity index (χ0n) is 16.2. The molecular weight excluding hydrogens is 396 g/mol. The maximum Gasteiger partial charge on any atom is 0.306 e. The summed E-state index contributed by atoms with van der Waals surface area (Å²) < 4.78 is 55.6. The molecule has 1 rings (SSSR count). The molecule has 10 heteroatoms. The molecule has 0 aromatic heterocycles. The standard InChI is InChI=1S/C17H24O8S2/c1-10(2)8-7-9-11(3)13-15(19)16(24-26(5,20)21)12(4)14(18)17(13)25-27(6,22)23/h8,11H,7,9H2,1-6H3. The van der Waals surface area contributed by atoms with Crippen LogP contribution in [0.1, 0.15) is 40.5 Å². The summed E-state index contributed by atoms with van der Waals surface area (Å²) in [5.74, 6) is -3.58. The summed E-state index contributed by atoms with van der Waals surface area (Å²) in [5.41, 5.74) is 0.521. The number of hydrogen-bond donors (Lipinski definition) is 0. The summed E-state index contributed by atoms with van der Waals surface area (Å²) in [6.07, 6.45) is 4.42. The van der Waals surface area contributed by atoms with Gasteiger partial charge < -0.3 is 8.37 Å². The van der Waals surface area contributed by atoms with E-state index >= 15 is 0 Å². The number of carbonyl (C=O) groups excluding carboxylic acids is 2. The number of rotatable bonds is 8. The van der Waals surface area contributed by atoms with Gasteiger partial charge in [0, 0.05) is 5.57 Å². The van der Waals surface area contributed by atoms with Crippen LogP contribution in [0, 0.1) is 5.92 Å². The molecule has 0 bridgehead atoms. The predicted octanol–water partition coefficient (Wildman–Crippen LogP) is 2.00. The molecule has 0 amide bonds. The first-order chi connectivity index (χ1) is 12.1. The minimum atomic E-state index is -4.08. The minimum absolute atomic E-state index is 0.211. The Bertz CT molecular complexity index is 943. The van der Waals surface area contributed by atoms with Crippen LogP contribution in [0.4, 0.5) is 0 Å². The van der Waals surface area contributed by atoms with E-state index in [1.807, 2.05) is 19.9 Å². The van der Waals surface area contributed by atoms with E-state index in [1.165, 1.54) is 6.92 Å². The molecule has 0 aromatic carbocycles. The highest BCUT2D eigenvalue weighted by atomic mass is 32.2. The van der Waals surface area contributed by atoms with E-state index in [0.717, 1.165) is 18.1 Å². The summed E-state index contributed by atoms with van der Waals surface area (Å²) in [4.78, 5) is 25.4. The van der Waals surface area contributed by atoms with Gasteiger partial charge in [0.25, 0.3) is 0 Å². The highest BCUT2D eigenvalue weighted by Gasteiger charge is 2.40. The molecule has 0 N–H and O–H groups in total. The van der Waals surface area contributed by atoms with Gasteiger partial charge in [0.2, 0.25) is 11.6 Å². The lowest BCUT2D eigenvalue weighted by atomic mass is 9.84. The Hall–Kier alpha value is -1.94. The van der Waals surface area contributed by atoms with E-state index in [1.54, 1.807) is 6.92 Å². The number of Topliss-reactive ketones (excluding diaryl/α,β-unsaturated/α-hetero) is 2. The summed E-state index contributed by atoms with van der Waals surface area (Å²) in [6, 6.07) is 0. The molecule has 1 atom stereocenters. The maximum absolute atomic E-state index is 12.8. The number of carbonyl (C=O) groups is 2. The lowest BCUT2D eigenvalue weighted by Gasteiger charge is -2.24. The third-order valence-corrected chi connectivity index (χ3v) is 4.64. The van der Waals surface area contributed by atoms with Gasteiger partial charge in [0.05, 0.1) is 18.1 Å². The van der Waals surface area contributed by atoms with Crippen molar-refractivity contribution in [3.63, 3.8) is 0 Å². The van der Waals surface area contributed by atoms with E-state index in [0.29, 0.717) is 12.8 Å². The van der Waals surface area contributed by atoms with Crippen molar-refractivity contribution < 1.29 is 34.8 Å². The van der Waals surface area contributed by atoms with Gasteiger partial charge in [0.15, 0.2) is 11.5 Å². The van der Waals surface area contributed by atoms with E-state index < -0.39 is 49.2 Å². The third kappa shape index (κ3) is 6.62. The topological polar surface area (TPSA) is 121 Å². The van der Waals surface area contributed by atoms with Gasteiger partial charge >= 0.3 is 20.2 Å². The highest BCUT2D eigenvalue weighted by Crippen LogP contribution is 2.33. The Morgan fingerprint density at radius 2 is 1.44 bits per heavy atom. The van der Waals surface area contributed by atoms with Crippen LogP contribution in [0.15, 0.2) is 34.3 Å².